The van der Waals surface area contributed by atoms with Crippen molar-refractivity contribution in [3.8, 4) is 5.75 Å². The van der Waals surface area contributed by atoms with Crippen LogP contribution >= 0.6 is 0 Å². The van der Waals surface area contributed by atoms with E-state index in [2.05, 4.69) is 5.32 Å². The Labute approximate surface area is 148 Å². The van der Waals surface area contributed by atoms with E-state index in [1.54, 1.807) is 17.0 Å². The maximum absolute atomic E-state index is 11.9. The topological polar surface area (TPSA) is 58.6 Å². The van der Waals surface area contributed by atoms with E-state index >= 15 is 0 Å². The molecule has 0 bridgehead atoms. The molecule has 25 heavy (non-hydrogen) atoms. The lowest BCUT2D eigenvalue weighted by Crippen LogP contribution is -2.39. The molecule has 2 aromatic rings. The normalized spacial score (nSPS) is 10.2. The fraction of sp³-hybridized carbons (Fsp3) is 0.300. The van der Waals surface area contributed by atoms with E-state index in [1.807, 2.05) is 50.2 Å². The summed E-state index contributed by atoms with van der Waals surface area (Å²) in [5, 5.41) is 2.78. The number of ether oxygens (including phenoxy) is 1. The van der Waals surface area contributed by atoms with Gasteiger partial charge < -0.3 is 15.0 Å². The monoisotopic (exact) mass is 340 g/mol. The van der Waals surface area contributed by atoms with Crippen LogP contribution in [0.5, 0.6) is 5.75 Å². The van der Waals surface area contributed by atoms with Crippen LogP contribution in [-0.4, -0.2) is 31.5 Å². The zero-order valence-corrected chi connectivity index (χ0v) is 14.9. The van der Waals surface area contributed by atoms with Crippen molar-refractivity contribution in [2.75, 3.05) is 24.6 Å². The first-order valence-corrected chi connectivity index (χ1v) is 8.27. The zero-order valence-electron chi connectivity index (χ0n) is 14.9. The molecule has 0 aliphatic heterocycles. The van der Waals surface area contributed by atoms with Crippen LogP contribution in [0.2, 0.25) is 0 Å². The van der Waals surface area contributed by atoms with Crippen molar-refractivity contribution in [3.63, 3.8) is 0 Å². The summed E-state index contributed by atoms with van der Waals surface area (Å²) >= 11 is 0. The molecule has 0 saturated carbocycles. The molecule has 0 aliphatic rings. The third-order valence-corrected chi connectivity index (χ3v) is 3.95. The maximum atomic E-state index is 11.9. The van der Waals surface area contributed by atoms with Gasteiger partial charge in [0.05, 0.1) is 0 Å². The summed E-state index contributed by atoms with van der Waals surface area (Å²) in [5.74, 6) is 0.378. The minimum absolute atomic E-state index is 0.0479. The molecule has 0 radical (unpaired) electrons. The SMILES string of the molecule is CC(=O)N(CCNC(=O)COc1ccccc1)c1ccc(C)c(C)c1. The Morgan fingerprint density at radius 3 is 2.40 bits per heavy atom. The van der Waals surface area contributed by atoms with Gasteiger partial charge in [-0.2, -0.15) is 0 Å². The molecule has 0 unspecified atom stereocenters. The summed E-state index contributed by atoms with van der Waals surface area (Å²) in [6, 6.07) is 15.1. The molecule has 0 spiro atoms. The highest BCUT2D eigenvalue weighted by atomic mass is 16.5. The molecule has 0 aliphatic carbocycles. The minimum atomic E-state index is -0.215. The van der Waals surface area contributed by atoms with Crippen LogP contribution in [-0.2, 0) is 9.59 Å². The first kappa shape index (κ1) is 18.5. The highest BCUT2D eigenvalue weighted by molar-refractivity contribution is 5.91. The Morgan fingerprint density at radius 1 is 1.04 bits per heavy atom. The maximum Gasteiger partial charge on any atom is 0.258 e. The number of anilines is 1. The van der Waals surface area contributed by atoms with Gasteiger partial charge in [-0.25, -0.2) is 0 Å². The first-order valence-electron chi connectivity index (χ1n) is 8.27. The summed E-state index contributed by atoms with van der Waals surface area (Å²) in [4.78, 5) is 25.4. The third kappa shape index (κ3) is 5.64. The molecule has 2 rings (SSSR count). The first-order chi connectivity index (χ1) is 12.0. The number of hydrogen-bond donors (Lipinski definition) is 1. The van der Waals surface area contributed by atoms with Gasteiger partial charge in [-0.15, -0.1) is 0 Å². The van der Waals surface area contributed by atoms with Gasteiger partial charge in [-0.1, -0.05) is 24.3 Å². The average molecular weight is 340 g/mol. The molecule has 0 fully saturated rings. The Hall–Kier alpha value is -2.82. The van der Waals surface area contributed by atoms with Gasteiger partial charge >= 0.3 is 0 Å². The van der Waals surface area contributed by atoms with Crippen molar-refractivity contribution in [2.45, 2.75) is 20.8 Å². The van der Waals surface area contributed by atoms with E-state index in [0.717, 1.165) is 11.3 Å². The molecular weight excluding hydrogens is 316 g/mol. The number of hydrogen-bond acceptors (Lipinski definition) is 3. The van der Waals surface area contributed by atoms with Crippen molar-refractivity contribution in [1.29, 1.82) is 0 Å². The van der Waals surface area contributed by atoms with Crippen LogP contribution < -0.4 is 15.0 Å². The number of nitrogens with zero attached hydrogens (tertiary/aromatic N) is 1. The van der Waals surface area contributed by atoms with E-state index < -0.39 is 0 Å². The molecule has 5 nitrogen and oxygen atoms in total. The number of carbonyl (C=O) groups is 2. The Bertz CT molecular complexity index is 729. The summed E-state index contributed by atoms with van der Waals surface area (Å²) in [6.45, 7) is 6.30. The molecule has 0 saturated heterocycles. The van der Waals surface area contributed by atoms with Crippen LogP contribution in [0.4, 0.5) is 5.69 Å². The van der Waals surface area contributed by atoms with Crippen LogP contribution in [0.1, 0.15) is 18.1 Å². The van der Waals surface area contributed by atoms with Gasteiger partial charge in [0, 0.05) is 25.7 Å². The lowest BCUT2D eigenvalue weighted by Gasteiger charge is -2.22. The molecule has 0 heterocycles. The van der Waals surface area contributed by atoms with E-state index in [9.17, 15) is 9.59 Å². The summed E-state index contributed by atoms with van der Waals surface area (Å²) in [6.07, 6.45) is 0. The van der Waals surface area contributed by atoms with Crippen LogP contribution in [0, 0.1) is 13.8 Å². The van der Waals surface area contributed by atoms with Crippen molar-refractivity contribution >= 4 is 17.5 Å². The van der Waals surface area contributed by atoms with Crippen molar-refractivity contribution in [3.05, 3.63) is 59.7 Å². The van der Waals surface area contributed by atoms with E-state index in [-0.39, 0.29) is 18.4 Å². The molecule has 132 valence electrons. The van der Waals surface area contributed by atoms with E-state index in [1.165, 1.54) is 12.5 Å². The average Bonchev–Trinajstić information content (AvgIpc) is 2.60. The molecule has 1 N–H and O–H groups in total. The molecule has 0 aromatic heterocycles. The molecule has 2 aromatic carbocycles. The fourth-order valence-corrected chi connectivity index (χ4v) is 2.39. The number of benzene rings is 2. The number of amides is 2. The molecule has 0 atom stereocenters. The second-order valence-corrected chi connectivity index (χ2v) is 5.89. The van der Waals surface area contributed by atoms with Gasteiger partial charge in [0.1, 0.15) is 5.75 Å². The highest BCUT2D eigenvalue weighted by Gasteiger charge is 2.12. The molecule has 2 amide bonds. The van der Waals surface area contributed by atoms with Gasteiger partial charge in [0.2, 0.25) is 5.91 Å². The number of nitrogens with one attached hydrogen (secondary N) is 1. The summed E-state index contributed by atoms with van der Waals surface area (Å²) in [5.41, 5.74) is 3.15. The predicted molar refractivity (Wildman–Crippen MR) is 98.9 cm³/mol. The number of rotatable bonds is 7. The summed E-state index contributed by atoms with van der Waals surface area (Å²) < 4.78 is 5.39. The van der Waals surface area contributed by atoms with E-state index in [4.69, 9.17) is 4.74 Å². The van der Waals surface area contributed by atoms with Gasteiger partial charge in [-0.3, -0.25) is 9.59 Å². The lowest BCUT2D eigenvalue weighted by molar-refractivity contribution is -0.123. The van der Waals surface area contributed by atoms with Gasteiger partial charge in [0.15, 0.2) is 6.61 Å². The predicted octanol–water partition coefficient (Wildman–Crippen LogP) is 2.85. The van der Waals surface area contributed by atoms with Crippen LogP contribution in [0.15, 0.2) is 48.5 Å². The second kappa shape index (κ2) is 8.87. The van der Waals surface area contributed by atoms with Gasteiger partial charge in [0.25, 0.3) is 5.91 Å². The molecule has 5 heteroatoms. The number of carbonyl (C=O) groups excluding carboxylic acids is 2. The van der Waals surface area contributed by atoms with Crippen LogP contribution in [0.25, 0.3) is 0 Å². The smallest absolute Gasteiger partial charge is 0.258 e. The second-order valence-electron chi connectivity index (χ2n) is 5.89. The Balaban J connectivity index is 1.83. The largest absolute Gasteiger partial charge is 0.484 e. The van der Waals surface area contributed by atoms with Crippen molar-refractivity contribution < 1.29 is 14.3 Å². The molecular formula is C20H24N2O3. The third-order valence-electron chi connectivity index (χ3n) is 3.95. The van der Waals surface area contributed by atoms with Crippen LogP contribution in [0.3, 0.4) is 0 Å². The summed E-state index contributed by atoms with van der Waals surface area (Å²) in [7, 11) is 0. The lowest BCUT2D eigenvalue weighted by atomic mass is 10.1. The fourth-order valence-electron chi connectivity index (χ4n) is 2.39. The highest BCUT2D eigenvalue weighted by Crippen LogP contribution is 2.18. The zero-order chi connectivity index (χ0) is 18.2. The number of para-hydroxylation sites is 1. The standard InChI is InChI=1S/C20H24N2O3/c1-15-9-10-18(13-16(15)2)22(17(3)23)12-11-21-20(24)14-25-19-7-5-4-6-8-19/h4-10,13H,11-12,14H2,1-3H3,(H,21,24). The minimum Gasteiger partial charge on any atom is -0.484 e. The Morgan fingerprint density at radius 2 is 1.76 bits per heavy atom. The van der Waals surface area contributed by atoms with Crippen molar-refractivity contribution in [2.24, 2.45) is 0 Å². The van der Waals surface area contributed by atoms with E-state index in [0.29, 0.717) is 18.8 Å². The quantitative estimate of drug-likeness (QED) is 0.843. The Kier molecular flexibility index (Phi) is 6.57. The van der Waals surface area contributed by atoms with Gasteiger partial charge in [-0.05, 0) is 49.2 Å². The number of aryl methyl sites for hydroxylation is 2. The van der Waals surface area contributed by atoms with Crippen molar-refractivity contribution in [1.82, 2.24) is 5.32 Å².